The molecule has 5 N–H and O–H groups in total. The Morgan fingerprint density at radius 2 is 1.66 bits per heavy atom. The van der Waals surface area contributed by atoms with Gasteiger partial charge in [-0.25, -0.2) is 9.59 Å². The molecule has 0 radical (unpaired) electrons. The molecule has 300 valence electrons. The lowest BCUT2D eigenvalue weighted by Gasteiger charge is -2.31. The molecule has 4 amide bonds. The van der Waals surface area contributed by atoms with Crippen molar-refractivity contribution in [2.45, 2.75) is 71.4 Å². The normalized spacial score (nSPS) is 12.3. The van der Waals surface area contributed by atoms with Crippen LogP contribution < -0.4 is 20.7 Å². The van der Waals surface area contributed by atoms with E-state index in [1.165, 1.54) is 42.5 Å². The molecule has 3 atom stereocenters. The molecular weight excluding hydrogens is 738 g/mol. The summed E-state index contributed by atoms with van der Waals surface area (Å²) in [5.41, 5.74) is 0.0268. The molecule has 1 heterocycles. The van der Waals surface area contributed by atoms with Gasteiger partial charge in [0.2, 0.25) is 12.3 Å². The van der Waals surface area contributed by atoms with Crippen molar-refractivity contribution >= 4 is 47.7 Å². The molecule has 2 aromatic carbocycles. The maximum absolute atomic E-state index is 13.5. The van der Waals surface area contributed by atoms with E-state index in [4.69, 9.17) is 19.1 Å². The number of nitrogens with one attached hydrogen (secondary N) is 3. The fourth-order valence-electron chi connectivity index (χ4n) is 5.58. The Hall–Kier alpha value is -6.79. The quantitative estimate of drug-likeness (QED) is 0.0300. The number of carbonyl (C=O) groups excluding carboxylic acids is 5. The lowest BCUT2D eigenvalue weighted by atomic mass is 9.90. The number of amides is 4. The third-order valence-electron chi connectivity index (χ3n) is 8.41. The minimum Gasteiger partial charge on any atom is -0.493 e. The zero-order valence-electron chi connectivity index (χ0n) is 30.9. The Morgan fingerprint density at radius 1 is 0.946 bits per heavy atom. The lowest BCUT2D eigenvalue weighted by molar-refractivity contribution is -0.384. The van der Waals surface area contributed by atoms with Gasteiger partial charge in [-0.05, 0) is 56.2 Å². The molecule has 0 aliphatic carbocycles. The van der Waals surface area contributed by atoms with Crippen LogP contribution in [0, 0.1) is 16.0 Å². The first-order valence-corrected chi connectivity index (χ1v) is 17.6. The Morgan fingerprint density at radius 3 is 2.25 bits per heavy atom. The minimum atomic E-state index is -1.68. The highest BCUT2D eigenvalue weighted by molar-refractivity contribution is 6.00. The third kappa shape index (κ3) is 12.1. The number of rotatable bonds is 23. The summed E-state index contributed by atoms with van der Waals surface area (Å²) in [5, 5.41) is 37.3. The van der Waals surface area contributed by atoms with E-state index < -0.39 is 65.0 Å². The second kappa shape index (κ2) is 21.2. The van der Waals surface area contributed by atoms with Gasteiger partial charge < -0.3 is 40.2 Å². The van der Waals surface area contributed by atoms with Gasteiger partial charge in [-0.2, -0.15) is 5.06 Å². The molecule has 0 saturated heterocycles. The number of carbonyl (C=O) groups is 7. The van der Waals surface area contributed by atoms with Gasteiger partial charge in [-0.3, -0.25) is 34.1 Å². The van der Waals surface area contributed by atoms with Crippen LogP contribution in [-0.2, 0) is 24.0 Å². The molecule has 1 aromatic heterocycles. The van der Waals surface area contributed by atoms with E-state index in [0.717, 1.165) is 30.0 Å². The van der Waals surface area contributed by atoms with Crippen molar-refractivity contribution in [3.05, 3.63) is 81.6 Å². The Labute approximate surface area is 320 Å². The van der Waals surface area contributed by atoms with Gasteiger partial charge in [0.15, 0.2) is 5.76 Å². The van der Waals surface area contributed by atoms with E-state index in [2.05, 4.69) is 16.0 Å². The van der Waals surface area contributed by atoms with E-state index in [1.54, 1.807) is 13.8 Å². The van der Waals surface area contributed by atoms with E-state index in [0.29, 0.717) is 18.4 Å². The van der Waals surface area contributed by atoms with Crippen LogP contribution in [0.15, 0.2) is 59.0 Å². The monoisotopic (exact) mass is 781 g/mol. The van der Waals surface area contributed by atoms with Gasteiger partial charge in [-0.1, -0.05) is 39.2 Å². The summed E-state index contributed by atoms with van der Waals surface area (Å²) in [6, 6.07) is 9.10. The lowest BCUT2D eigenvalue weighted by Crippen LogP contribution is -2.49. The highest BCUT2D eigenvalue weighted by Crippen LogP contribution is 2.29. The number of aliphatic carboxylic acids is 2. The second-order valence-electron chi connectivity index (χ2n) is 12.2. The first kappa shape index (κ1) is 43.6. The van der Waals surface area contributed by atoms with Crippen LogP contribution in [-0.4, -0.2) is 87.6 Å². The van der Waals surface area contributed by atoms with Gasteiger partial charge in [0.05, 0.1) is 47.7 Å². The molecule has 0 aliphatic heterocycles. The minimum absolute atomic E-state index is 0.0419. The largest absolute Gasteiger partial charge is 0.493 e. The van der Waals surface area contributed by atoms with Crippen molar-refractivity contribution in [3.63, 3.8) is 0 Å². The van der Waals surface area contributed by atoms with Gasteiger partial charge in [0.1, 0.15) is 17.6 Å². The number of non-ortho nitro benzene ring substituents is 1. The van der Waals surface area contributed by atoms with Crippen LogP contribution in [0.5, 0.6) is 5.75 Å². The van der Waals surface area contributed by atoms with Crippen molar-refractivity contribution < 1.29 is 62.7 Å². The van der Waals surface area contributed by atoms with Crippen LogP contribution in [0.2, 0.25) is 0 Å². The van der Waals surface area contributed by atoms with Gasteiger partial charge in [0.25, 0.3) is 17.5 Å². The molecule has 0 fully saturated rings. The second-order valence-corrected chi connectivity index (χ2v) is 12.2. The van der Waals surface area contributed by atoms with Crippen LogP contribution in [0.1, 0.15) is 90.6 Å². The Balaban J connectivity index is 1.69. The average Bonchev–Trinajstić information content (AvgIpc) is 3.67. The molecule has 0 spiro atoms. The molecule has 0 bridgehead atoms. The summed E-state index contributed by atoms with van der Waals surface area (Å²) in [4.78, 5) is 102. The van der Waals surface area contributed by atoms with E-state index >= 15 is 0 Å². The summed E-state index contributed by atoms with van der Waals surface area (Å²) in [6.07, 6.45) is 2.20. The van der Waals surface area contributed by atoms with Crippen LogP contribution >= 0.6 is 0 Å². The SMILES string of the molecule is CCCCCC(C(=O)NCNC(=O)c1ccc(-c2ccc(C(=O)NC(CC(=O)O)C(=O)O)c(OCC)c2)o1)C(CC)N(C=O)OC(=O)c1ccc([N+](=O)[O-])cc1. The molecule has 19 nitrogen and oxygen atoms in total. The predicted molar refractivity (Wildman–Crippen MR) is 195 cm³/mol. The van der Waals surface area contributed by atoms with Crippen molar-refractivity contribution in [2.24, 2.45) is 5.92 Å². The first-order valence-electron chi connectivity index (χ1n) is 17.6. The number of nitrogens with zero attached hydrogens (tertiary/aromatic N) is 2. The fourth-order valence-corrected chi connectivity index (χ4v) is 5.58. The Kier molecular flexibility index (Phi) is 16.5. The fraction of sp³-hybridized carbons (Fsp3) is 0.378. The summed E-state index contributed by atoms with van der Waals surface area (Å²) in [5.74, 6) is -6.77. The zero-order chi connectivity index (χ0) is 41.4. The van der Waals surface area contributed by atoms with Gasteiger partial charge in [0, 0.05) is 17.7 Å². The summed E-state index contributed by atoms with van der Waals surface area (Å²) in [6.45, 7) is 5.12. The number of nitro benzene ring substituents is 1. The maximum Gasteiger partial charge on any atom is 0.363 e. The first-order chi connectivity index (χ1) is 26.7. The summed E-state index contributed by atoms with van der Waals surface area (Å²) in [7, 11) is 0. The molecule has 0 saturated carbocycles. The van der Waals surface area contributed by atoms with Crippen molar-refractivity contribution in [3.8, 4) is 17.1 Å². The number of hydroxylamine groups is 2. The van der Waals surface area contributed by atoms with Gasteiger partial charge in [-0.15, -0.1) is 0 Å². The number of benzene rings is 2. The number of carboxylic acid groups (broad SMARTS) is 2. The van der Waals surface area contributed by atoms with Crippen LogP contribution in [0.25, 0.3) is 11.3 Å². The molecule has 3 aromatic rings. The van der Waals surface area contributed by atoms with Gasteiger partial charge >= 0.3 is 17.9 Å². The van der Waals surface area contributed by atoms with Crippen molar-refractivity contribution in [2.75, 3.05) is 13.3 Å². The van der Waals surface area contributed by atoms with Crippen molar-refractivity contribution in [1.29, 1.82) is 0 Å². The number of hydrogen-bond acceptors (Lipinski definition) is 12. The molecule has 56 heavy (non-hydrogen) atoms. The number of unbranched alkanes of at least 4 members (excludes halogenated alkanes) is 2. The van der Waals surface area contributed by atoms with E-state index in [9.17, 15) is 48.8 Å². The van der Waals surface area contributed by atoms with E-state index in [-0.39, 0.29) is 60.2 Å². The van der Waals surface area contributed by atoms with Crippen molar-refractivity contribution in [1.82, 2.24) is 21.0 Å². The zero-order valence-corrected chi connectivity index (χ0v) is 30.9. The summed E-state index contributed by atoms with van der Waals surface area (Å²) < 4.78 is 11.3. The molecular formula is C37H43N5O14. The number of furan rings is 1. The summed E-state index contributed by atoms with van der Waals surface area (Å²) >= 11 is 0. The van der Waals surface area contributed by atoms with E-state index in [1.807, 2.05) is 6.92 Å². The smallest absolute Gasteiger partial charge is 0.363 e. The molecule has 3 rings (SSSR count). The topological polar surface area (TPSA) is 274 Å². The highest BCUT2D eigenvalue weighted by atomic mass is 16.7. The molecule has 3 unspecified atom stereocenters. The Bertz CT molecular complexity index is 1890. The van der Waals surface area contributed by atoms with Crippen LogP contribution in [0.4, 0.5) is 5.69 Å². The number of nitro groups is 1. The number of carboxylic acids is 2. The van der Waals surface area contributed by atoms with Crippen LogP contribution in [0.3, 0.4) is 0 Å². The number of hydrogen-bond donors (Lipinski definition) is 5. The molecule has 0 aliphatic rings. The highest BCUT2D eigenvalue weighted by Gasteiger charge is 2.34. The average molecular weight is 782 g/mol. The number of ether oxygens (including phenoxy) is 1. The third-order valence-corrected chi connectivity index (χ3v) is 8.41. The molecule has 19 heteroatoms. The standard InChI is InChI=1S/C37H43N5O14/c1-4-7-8-9-25(28(5-2)41(21-43)56-37(51)22-10-13-24(14-11-22)42(52)53)33(46)38-20-39-35(48)30-17-16-29(55-30)23-12-15-26(31(18-23)54-6-3)34(47)40-27(36(49)50)19-32(44)45/h10-18,21,25,27-28H,4-9,19-20H2,1-3H3,(H,38,46)(H,39,48)(H,40,47)(H,44,45)(H,49,50). The maximum atomic E-state index is 13.5. The predicted octanol–water partition coefficient (Wildman–Crippen LogP) is 3.92.